The summed E-state index contributed by atoms with van der Waals surface area (Å²) in [7, 11) is 0. The van der Waals surface area contributed by atoms with E-state index < -0.39 is 5.54 Å². The molecule has 1 aromatic carbocycles. The second-order valence-corrected chi connectivity index (χ2v) is 6.13. The van der Waals surface area contributed by atoms with Crippen molar-refractivity contribution in [1.29, 1.82) is 0 Å². The van der Waals surface area contributed by atoms with E-state index in [4.69, 9.17) is 17.3 Å². The quantitative estimate of drug-likeness (QED) is 0.874. The average molecular weight is 313 g/mol. The van der Waals surface area contributed by atoms with E-state index >= 15 is 0 Å². The molecule has 0 aromatic heterocycles. The molecule has 0 aliphatic heterocycles. The largest absolute Gasteiger partial charge is 0.334 e. The minimum Gasteiger partial charge on any atom is -0.334 e. The van der Waals surface area contributed by atoms with Crippen molar-refractivity contribution >= 4 is 17.5 Å². The van der Waals surface area contributed by atoms with E-state index in [1.54, 1.807) is 17.0 Å². The van der Waals surface area contributed by atoms with Crippen LogP contribution in [0.3, 0.4) is 0 Å². The Bertz CT molecular complexity index is 507. The average Bonchev–Trinajstić information content (AvgIpc) is 3.30. The first-order valence-corrected chi connectivity index (χ1v) is 7.83. The van der Waals surface area contributed by atoms with Crippen LogP contribution in [0.25, 0.3) is 0 Å². The van der Waals surface area contributed by atoms with E-state index in [9.17, 15) is 9.18 Å². The maximum atomic E-state index is 14.0. The Morgan fingerprint density at radius 1 is 1.43 bits per heavy atom. The van der Waals surface area contributed by atoms with Gasteiger partial charge in [0.1, 0.15) is 5.82 Å². The van der Waals surface area contributed by atoms with Gasteiger partial charge in [-0.15, -0.1) is 0 Å². The molecule has 0 saturated heterocycles. The fourth-order valence-corrected chi connectivity index (χ4v) is 2.67. The zero-order valence-electron chi connectivity index (χ0n) is 12.5. The molecule has 1 aliphatic carbocycles. The van der Waals surface area contributed by atoms with Crippen molar-refractivity contribution in [1.82, 2.24) is 4.90 Å². The molecule has 5 heteroatoms. The zero-order chi connectivity index (χ0) is 15.6. The van der Waals surface area contributed by atoms with Gasteiger partial charge in [0.2, 0.25) is 5.91 Å². The molecule has 1 aliphatic rings. The number of carbonyl (C=O) groups excluding carboxylic acids is 1. The van der Waals surface area contributed by atoms with Crippen LogP contribution in [-0.4, -0.2) is 22.4 Å². The van der Waals surface area contributed by atoms with Gasteiger partial charge in [-0.2, -0.15) is 0 Å². The number of nitrogens with zero attached hydrogens (tertiary/aromatic N) is 1. The Morgan fingerprint density at radius 3 is 2.52 bits per heavy atom. The number of halogens is 2. The molecule has 1 aromatic rings. The SMILES string of the molecule is CCC(N)(CC)C(=O)N(Cc1c(F)cccc1Cl)C1CC1. The van der Waals surface area contributed by atoms with Gasteiger partial charge >= 0.3 is 0 Å². The van der Waals surface area contributed by atoms with Gasteiger partial charge in [-0.25, -0.2) is 4.39 Å². The normalized spacial score (nSPS) is 15.1. The molecule has 2 N–H and O–H groups in total. The van der Waals surface area contributed by atoms with Crippen molar-refractivity contribution in [2.45, 2.75) is 57.7 Å². The van der Waals surface area contributed by atoms with Gasteiger partial charge in [0.15, 0.2) is 0 Å². The molecule has 0 unspecified atom stereocenters. The van der Waals surface area contributed by atoms with Crippen LogP contribution in [-0.2, 0) is 11.3 Å². The first kappa shape index (κ1) is 16.2. The summed E-state index contributed by atoms with van der Waals surface area (Å²) in [6, 6.07) is 4.74. The van der Waals surface area contributed by atoms with Crippen LogP contribution in [0, 0.1) is 5.82 Å². The maximum Gasteiger partial charge on any atom is 0.243 e. The first-order chi connectivity index (χ1) is 9.92. The van der Waals surface area contributed by atoms with E-state index in [1.807, 2.05) is 13.8 Å². The van der Waals surface area contributed by atoms with Gasteiger partial charge in [-0.3, -0.25) is 4.79 Å². The maximum absolute atomic E-state index is 14.0. The van der Waals surface area contributed by atoms with E-state index in [0.717, 1.165) is 12.8 Å². The third-order valence-corrected chi connectivity index (χ3v) is 4.68. The highest BCUT2D eigenvalue weighted by atomic mass is 35.5. The number of nitrogens with two attached hydrogens (primary N) is 1. The molecular weight excluding hydrogens is 291 g/mol. The fourth-order valence-electron chi connectivity index (χ4n) is 2.45. The van der Waals surface area contributed by atoms with Crippen LogP contribution < -0.4 is 5.73 Å². The van der Waals surface area contributed by atoms with Crippen LogP contribution in [0.4, 0.5) is 4.39 Å². The van der Waals surface area contributed by atoms with Gasteiger partial charge in [-0.1, -0.05) is 31.5 Å². The molecule has 0 atom stereocenters. The van der Waals surface area contributed by atoms with Crippen LogP contribution in [0.1, 0.15) is 45.1 Å². The van der Waals surface area contributed by atoms with Gasteiger partial charge in [0.25, 0.3) is 0 Å². The Kier molecular flexibility index (Phi) is 4.89. The lowest BCUT2D eigenvalue weighted by atomic mass is 9.92. The van der Waals surface area contributed by atoms with Crippen molar-refractivity contribution in [3.8, 4) is 0 Å². The Labute approximate surface area is 130 Å². The summed E-state index contributed by atoms with van der Waals surface area (Å²) in [6.07, 6.45) is 3.02. The van der Waals surface area contributed by atoms with Crippen LogP contribution in [0.5, 0.6) is 0 Å². The van der Waals surface area contributed by atoms with Crippen molar-refractivity contribution in [3.05, 3.63) is 34.6 Å². The second kappa shape index (κ2) is 6.32. The molecule has 0 heterocycles. The molecule has 0 spiro atoms. The van der Waals surface area contributed by atoms with E-state index in [0.29, 0.717) is 23.4 Å². The lowest BCUT2D eigenvalue weighted by molar-refractivity contribution is -0.138. The summed E-state index contributed by atoms with van der Waals surface area (Å²) in [5.41, 5.74) is 5.71. The molecule has 3 nitrogen and oxygen atoms in total. The summed E-state index contributed by atoms with van der Waals surface area (Å²) in [4.78, 5) is 14.5. The predicted molar refractivity (Wildman–Crippen MR) is 82.5 cm³/mol. The summed E-state index contributed by atoms with van der Waals surface area (Å²) >= 11 is 6.08. The molecule has 0 radical (unpaired) electrons. The molecule has 1 fully saturated rings. The van der Waals surface area contributed by atoms with Crippen LogP contribution >= 0.6 is 11.6 Å². The number of rotatable bonds is 6. The molecule has 0 bridgehead atoms. The second-order valence-electron chi connectivity index (χ2n) is 5.73. The summed E-state index contributed by atoms with van der Waals surface area (Å²) < 4.78 is 14.0. The minimum atomic E-state index is -0.875. The van der Waals surface area contributed by atoms with Gasteiger partial charge in [-0.05, 0) is 37.8 Å². The van der Waals surface area contributed by atoms with Crippen LogP contribution in [0.15, 0.2) is 18.2 Å². The first-order valence-electron chi connectivity index (χ1n) is 7.45. The molecule has 116 valence electrons. The number of benzene rings is 1. The lowest BCUT2D eigenvalue weighted by Crippen LogP contribution is -2.55. The Hall–Kier alpha value is -1.13. The summed E-state index contributed by atoms with van der Waals surface area (Å²) in [5.74, 6) is -0.481. The number of hydrogen-bond acceptors (Lipinski definition) is 2. The zero-order valence-corrected chi connectivity index (χ0v) is 13.3. The topological polar surface area (TPSA) is 46.3 Å². The van der Waals surface area contributed by atoms with Crippen molar-refractivity contribution in [3.63, 3.8) is 0 Å². The molecule has 2 rings (SSSR count). The highest BCUT2D eigenvalue weighted by Gasteiger charge is 2.41. The number of hydrogen-bond donors (Lipinski definition) is 1. The summed E-state index contributed by atoms with van der Waals surface area (Å²) in [6.45, 7) is 4.00. The summed E-state index contributed by atoms with van der Waals surface area (Å²) in [5, 5.41) is 0.351. The predicted octanol–water partition coefficient (Wildman–Crippen LogP) is 3.49. The number of amides is 1. The van der Waals surface area contributed by atoms with E-state index in [2.05, 4.69) is 0 Å². The van der Waals surface area contributed by atoms with Gasteiger partial charge in [0.05, 0.1) is 12.1 Å². The van der Waals surface area contributed by atoms with Crippen molar-refractivity contribution < 1.29 is 9.18 Å². The Balaban J connectivity index is 2.26. The van der Waals surface area contributed by atoms with Crippen molar-refractivity contribution in [2.24, 2.45) is 5.73 Å². The number of carbonyl (C=O) groups is 1. The minimum absolute atomic E-state index is 0.102. The van der Waals surface area contributed by atoms with Crippen molar-refractivity contribution in [2.75, 3.05) is 0 Å². The highest BCUT2D eigenvalue weighted by Crippen LogP contribution is 2.33. The molecule has 21 heavy (non-hydrogen) atoms. The molecule has 1 saturated carbocycles. The van der Waals surface area contributed by atoms with Gasteiger partial charge in [0, 0.05) is 16.6 Å². The highest BCUT2D eigenvalue weighted by molar-refractivity contribution is 6.31. The third kappa shape index (κ3) is 3.38. The molecule has 1 amide bonds. The monoisotopic (exact) mass is 312 g/mol. The third-order valence-electron chi connectivity index (χ3n) is 4.33. The van der Waals surface area contributed by atoms with E-state index in [1.165, 1.54) is 6.07 Å². The fraction of sp³-hybridized carbons (Fsp3) is 0.562. The lowest BCUT2D eigenvalue weighted by Gasteiger charge is -2.33. The van der Waals surface area contributed by atoms with Crippen LogP contribution in [0.2, 0.25) is 5.02 Å². The van der Waals surface area contributed by atoms with E-state index in [-0.39, 0.29) is 24.3 Å². The van der Waals surface area contributed by atoms with Gasteiger partial charge < -0.3 is 10.6 Å². The Morgan fingerprint density at radius 2 is 2.05 bits per heavy atom. The smallest absolute Gasteiger partial charge is 0.243 e. The standard InChI is InChI=1S/C16H22ClFN2O/c1-3-16(19,4-2)15(21)20(11-8-9-11)10-12-13(17)6-5-7-14(12)18/h5-7,11H,3-4,8-10,19H2,1-2H3. The molecular formula is C16H22ClFN2O.